The van der Waals surface area contributed by atoms with Crippen molar-refractivity contribution < 1.29 is 5.11 Å². The molecule has 96 valence electrons. The molecule has 0 fully saturated rings. The third-order valence-corrected chi connectivity index (χ3v) is 4.71. The molecule has 19 heavy (non-hydrogen) atoms. The van der Waals surface area contributed by atoms with Crippen molar-refractivity contribution >= 4 is 33.0 Å². The number of aliphatic hydroxyl groups is 1. The molecular weight excluding hydrogens is 276 g/mol. The van der Waals surface area contributed by atoms with E-state index in [9.17, 15) is 5.11 Å². The van der Waals surface area contributed by atoms with E-state index in [-0.39, 0.29) is 0 Å². The van der Waals surface area contributed by atoms with Crippen LogP contribution in [0.15, 0.2) is 47.8 Å². The van der Waals surface area contributed by atoms with Crippen LogP contribution in [0.4, 0.5) is 0 Å². The summed E-state index contributed by atoms with van der Waals surface area (Å²) in [5, 5.41) is 14.4. The lowest BCUT2D eigenvalue weighted by atomic mass is 9.99. The van der Waals surface area contributed by atoms with Gasteiger partial charge in [-0.2, -0.15) is 0 Å². The number of hydrogen-bond donors (Lipinski definition) is 1. The van der Waals surface area contributed by atoms with Crippen molar-refractivity contribution in [3.63, 3.8) is 0 Å². The van der Waals surface area contributed by atoms with Crippen molar-refractivity contribution in [2.24, 2.45) is 0 Å². The monoisotopic (exact) mass is 288 g/mol. The van der Waals surface area contributed by atoms with Crippen molar-refractivity contribution in [2.75, 3.05) is 0 Å². The fourth-order valence-electron chi connectivity index (χ4n) is 2.23. The van der Waals surface area contributed by atoms with Gasteiger partial charge >= 0.3 is 0 Å². The molecule has 0 aliphatic carbocycles. The van der Waals surface area contributed by atoms with Crippen LogP contribution < -0.4 is 0 Å². The van der Waals surface area contributed by atoms with Crippen LogP contribution >= 0.6 is 22.9 Å². The Morgan fingerprint density at radius 2 is 1.95 bits per heavy atom. The first-order valence-electron chi connectivity index (χ1n) is 6.07. The highest BCUT2D eigenvalue weighted by Crippen LogP contribution is 2.34. The summed E-state index contributed by atoms with van der Waals surface area (Å²) in [6.45, 7) is 1.95. The summed E-state index contributed by atoms with van der Waals surface area (Å²) in [4.78, 5) is 0. The predicted octanol–water partition coefficient (Wildman–Crippen LogP) is 4.94. The maximum absolute atomic E-state index is 10.6. The fraction of sp³-hybridized carbons (Fsp3) is 0.125. The van der Waals surface area contributed by atoms with Gasteiger partial charge in [0, 0.05) is 15.3 Å². The minimum atomic E-state index is -0.605. The highest BCUT2D eigenvalue weighted by molar-refractivity contribution is 7.17. The summed E-state index contributed by atoms with van der Waals surface area (Å²) in [5.74, 6) is 0. The number of hydrogen-bond acceptors (Lipinski definition) is 2. The Kier molecular flexibility index (Phi) is 3.31. The molecule has 0 aliphatic rings. The van der Waals surface area contributed by atoms with Crippen LogP contribution in [-0.2, 0) is 0 Å². The minimum Gasteiger partial charge on any atom is -0.384 e. The normalized spacial score (nSPS) is 12.8. The van der Waals surface area contributed by atoms with E-state index in [1.807, 2.05) is 48.7 Å². The fourth-order valence-corrected chi connectivity index (χ4v) is 3.32. The lowest BCUT2D eigenvalue weighted by Gasteiger charge is -2.12. The second-order valence-corrected chi connectivity index (χ2v) is 5.92. The van der Waals surface area contributed by atoms with E-state index in [2.05, 4.69) is 6.07 Å². The Morgan fingerprint density at radius 1 is 1.16 bits per heavy atom. The van der Waals surface area contributed by atoms with Crippen molar-refractivity contribution in [3.8, 4) is 0 Å². The van der Waals surface area contributed by atoms with Crippen LogP contribution in [-0.4, -0.2) is 5.11 Å². The van der Waals surface area contributed by atoms with E-state index in [0.29, 0.717) is 0 Å². The van der Waals surface area contributed by atoms with Gasteiger partial charge in [0.1, 0.15) is 6.10 Å². The van der Waals surface area contributed by atoms with Crippen LogP contribution in [0.5, 0.6) is 0 Å². The topological polar surface area (TPSA) is 20.2 Å². The number of fused-ring (bicyclic) bond motifs is 1. The first-order valence-corrected chi connectivity index (χ1v) is 7.33. The van der Waals surface area contributed by atoms with Crippen molar-refractivity contribution in [2.45, 2.75) is 13.0 Å². The molecule has 1 heterocycles. The Balaban J connectivity index is 2.08. The van der Waals surface area contributed by atoms with Crippen molar-refractivity contribution in [3.05, 3.63) is 69.6 Å². The highest BCUT2D eigenvalue weighted by Gasteiger charge is 2.15. The Hall–Kier alpha value is -1.35. The molecule has 1 N–H and O–H groups in total. The Morgan fingerprint density at radius 3 is 2.74 bits per heavy atom. The molecule has 0 saturated heterocycles. The molecular formula is C16H13ClOS. The van der Waals surface area contributed by atoms with Gasteiger partial charge in [-0.05, 0) is 40.9 Å². The molecule has 0 saturated carbocycles. The zero-order valence-electron chi connectivity index (χ0n) is 10.4. The summed E-state index contributed by atoms with van der Waals surface area (Å²) >= 11 is 7.68. The van der Waals surface area contributed by atoms with E-state index in [0.717, 1.165) is 27.1 Å². The van der Waals surface area contributed by atoms with Crippen molar-refractivity contribution in [1.29, 1.82) is 0 Å². The van der Waals surface area contributed by atoms with Gasteiger partial charge in [0.2, 0.25) is 0 Å². The molecule has 0 aliphatic heterocycles. The molecule has 3 aromatic rings. The molecule has 0 radical (unpaired) electrons. The molecule has 1 unspecified atom stereocenters. The zero-order valence-corrected chi connectivity index (χ0v) is 12.0. The van der Waals surface area contributed by atoms with E-state index in [1.165, 1.54) is 4.70 Å². The third-order valence-electron chi connectivity index (χ3n) is 3.30. The van der Waals surface area contributed by atoms with Crippen LogP contribution in [0.1, 0.15) is 22.8 Å². The predicted molar refractivity (Wildman–Crippen MR) is 82.1 cm³/mol. The summed E-state index contributed by atoms with van der Waals surface area (Å²) in [6, 6.07) is 13.8. The number of halogens is 1. The van der Waals surface area contributed by atoms with Crippen LogP contribution in [0.2, 0.25) is 5.02 Å². The quantitative estimate of drug-likeness (QED) is 0.708. The number of aryl methyl sites for hydroxylation is 1. The Labute approximate surface area is 121 Å². The van der Waals surface area contributed by atoms with Crippen LogP contribution in [0.25, 0.3) is 10.1 Å². The molecule has 1 atom stereocenters. The van der Waals surface area contributed by atoms with Gasteiger partial charge < -0.3 is 5.11 Å². The van der Waals surface area contributed by atoms with Gasteiger partial charge in [-0.25, -0.2) is 0 Å². The first-order chi connectivity index (χ1) is 9.16. The molecule has 0 bridgehead atoms. The zero-order chi connectivity index (χ0) is 13.4. The van der Waals surface area contributed by atoms with Gasteiger partial charge in [0.05, 0.1) is 0 Å². The molecule has 0 amide bonds. The van der Waals surface area contributed by atoms with Crippen LogP contribution in [0.3, 0.4) is 0 Å². The minimum absolute atomic E-state index is 0.605. The molecule has 1 aromatic heterocycles. The lowest BCUT2D eigenvalue weighted by molar-refractivity contribution is 0.222. The van der Waals surface area contributed by atoms with Gasteiger partial charge in [-0.15, -0.1) is 11.3 Å². The standard InChI is InChI=1S/C16H13ClOS/c1-10-8-11(6-7-14(10)17)16(18)13-9-19-15-5-3-2-4-12(13)15/h2-9,16,18H,1H3. The van der Waals surface area contributed by atoms with E-state index in [4.69, 9.17) is 11.6 Å². The summed E-state index contributed by atoms with van der Waals surface area (Å²) < 4.78 is 1.20. The summed E-state index contributed by atoms with van der Waals surface area (Å²) in [6.07, 6.45) is -0.605. The van der Waals surface area contributed by atoms with Gasteiger partial charge in [-0.3, -0.25) is 0 Å². The van der Waals surface area contributed by atoms with Crippen LogP contribution in [0, 0.1) is 6.92 Å². The number of thiophene rings is 1. The highest BCUT2D eigenvalue weighted by atomic mass is 35.5. The SMILES string of the molecule is Cc1cc(C(O)c2csc3ccccc23)ccc1Cl. The van der Waals surface area contributed by atoms with Gasteiger partial charge in [-0.1, -0.05) is 41.9 Å². The number of rotatable bonds is 2. The molecule has 0 spiro atoms. The number of aliphatic hydroxyl groups excluding tert-OH is 1. The summed E-state index contributed by atoms with van der Waals surface area (Å²) in [5.41, 5.74) is 2.82. The average Bonchev–Trinajstić information content (AvgIpc) is 2.85. The van der Waals surface area contributed by atoms with E-state index < -0.39 is 6.10 Å². The molecule has 2 aromatic carbocycles. The lowest BCUT2D eigenvalue weighted by Crippen LogP contribution is -1.99. The maximum atomic E-state index is 10.6. The largest absolute Gasteiger partial charge is 0.384 e. The van der Waals surface area contributed by atoms with E-state index in [1.54, 1.807) is 11.3 Å². The average molecular weight is 289 g/mol. The summed E-state index contributed by atoms with van der Waals surface area (Å²) in [7, 11) is 0. The number of benzene rings is 2. The second kappa shape index (κ2) is 4.97. The van der Waals surface area contributed by atoms with Gasteiger partial charge in [0.25, 0.3) is 0 Å². The molecule has 3 heteroatoms. The van der Waals surface area contributed by atoms with Gasteiger partial charge in [0.15, 0.2) is 0 Å². The van der Waals surface area contributed by atoms with Crippen molar-refractivity contribution in [1.82, 2.24) is 0 Å². The smallest absolute Gasteiger partial charge is 0.105 e. The second-order valence-electron chi connectivity index (χ2n) is 4.60. The first kappa shape index (κ1) is 12.7. The maximum Gasteiger partial charge on any atom is 0.105 e. The molecule has 1 nitrogen and oxygen atoms in total. The van der Waals surface area contributed by atoms with E-state index >= 15 is 0 Å². The Bertz CT molecular complexity index is 732. The molecule has 3 rings (SSSR count). The third kappa shape index (κ3) is 2.27.